The Bertz CT molecular complexity index is 293. The van der Waals surface area contributed by atoms with Gasteiger partial charge in [-0.2, -0.15) is 0 Å². The van der Waals surface area contributed by atoms with Crippen molar-refractivity contribution in [2.24, 2.45) is 5.92 Å². The summed E-state index contributed by atoms with van der Waals surface area (Å²) in [6.45, 7) is 7.00. The van der Waals surface area contributed by atoms with E-state index in [2.05, 4.69) is 20.8 Å². The van der Waals surface area contributed by atoms with Gasteiger partial charge in [-0.15, -0.1) is 12.4 Å². The molecule has 0 heterocycles. The van der Waals surface area contributed by atoms with Crippen molar-refractivity contribution in [3.05, 3.63) is 0 Å². The maximum absolute atomic E-state index is 2.35. The molecule has 0 saturated heterocycles. The van der Waals surface area contributed by atoms with Gasteiger partial charge in [-0.25, -0.2) is 0 Å². The molecule has 0 aliphatic heterocycles. The van der Waals surface area contributed by atoms with Gasteiger partial charge in [0, 0.05) is 0 Å². The summed E-state index contributed by atoms with van der Waals surface area (Å²) in [7, 11) is 0. The molecule has 0 aliphatic rings. The van der Waals surface area contributed by atoms with Crippen LogP contribution in [0.1, 0.15) is 188 Å². The first-order valence-electron chi connectivity index (χ1n) is 14.8. The summed E-state index contributed by atoms with van der Waals surface area (Å²) in [5.41, 5.74) is 0. The Morgan fingerprint density at radius 3 is 0.719 bits per heavy atom. The molecule has 2 heteroatoms. The Morgan fingerprint density at radius 1 is 0.344 bits per heavy atom. The van der Waals surface area contributed by atoms with E-state index in [1.54, 1.807) is 0 Å². The van der Waals surface area contributed by atoms with Gasteiger partial charge in [0.15, 0.2) is 0 Å². The van der Waals surface area contributed by atoms with Crippen LogP contribution in [0.4, 0.5) is 0 Å². The van der Waals surface area contributed by atoms with Crippen LogP contribution in [0.15, 0.2) is 0 Å². The van der Waals surface area contributed by atoms with E-state index in [9.17, 15) is 0 Å². The average Bonchev–Trinajstić information content (AvgIpc) is 2.73. The Hall–Kier alpha value is 0.250. The summed E-state index contributed by atoms with van der Waals surface area (Å²) in [6.07, 6.45) is 38.4. The van der Waals surface area contributed by atoms with Gasteiger partial charge in [-0.3, -0.25) is 0 Å². The fourth-order valence-electron chi connectivity index (χ4n) is 4.69. The molecule has 0 saturated carbocycles. The van der Waals surface area contributed by atoms with E-state index in [1.165, 1.54) is 167 Å². The Labute approximate surface area is 212 Å². The fraction of sp³-hybridized carbons (Fsp3) is 1.00. The Kier molecular flexibility index (Phi) is 38.4. The molecule has 0 aromatic heterocycles. The number of hydrogen-bond donors (Lipinski definition) is 1. The SMILES string of the molecule is CCCCCCCCCCCCCCCCCCCCCCCCCCCC(C)C.Cl.N. The highest BCUT2D eigenvalue weighted by Gasteiger charge is 1.97. The van der Waals surface area contributed by atoms with E-state index in [4.69, 9.17) is 0 Å². The van der Waals surface area contributed by atoms with Crippen molar-refractivity contribution < 1.29 is 0 Å². The quantitative estimate of drug-likeness (QED) is 0.124. The Balaban J connectivity index is -0.00000420. The molecule has 0 spiro atoms. The number of hydrogen-bond acceptors (Lipinski definition) is 1. The standard InChI is InChI=1S/C30H62.ClH.H3N/c1-4-5-6-7-8-9-10-11-12-13-14-15-16-17-18-19-20-21-22-23-24-25-26-27-28-29-30(2)3;;/h30H,4-29H2,1-3H3;1H;1H3. The lowest BCUT2D eigenvalue weighted by Gasteiger charge is -2.05. The van der Waals surface area contributed by atoms with Crippen molar-refractivity contribution in [3.8, 4) is 0 Å². The van der Waals surface area contributed by atoms with Crippen LogP contribution < -0.4 is 6.15 Å². The Morgan fingerprint density at radius 2 is 0.531 bits per heavy atom. The van der Waals surface area contributed by atoms with Gasteiger partial charge >= 0.3 is 0 Å². The van der Waals surface area contributed by atoms with E-state index in [1.807, 2.05) is 0 Å². The predicted octanol–water partition coefficient (Wildman–Crippen LogP) is 12.4. The molecule has 32 heavy (non-hydrogen) atoms. The first kappa shape index (κ1) is 36.8. The lowest BCUT2D eigenvalue weighted by molar-refractivity contribution is 0.500. The van der Waals surface area contributed by atoms with Crippen molar-refractivity contribution in [2.45, 2.75) is 188 Å². The second-order valence-corrected chi connectivity index (χ2v) is 10.7. The van der Waals surface area contributed by atoms with Gasteiger partial charge in [0.25, 0.3) is 0 Å². The van der Waals surface area contributed by atoms with Crippen molar-refractivity contribution in [3.63, 3.8) is 0 Å². The zero-order valence-electron chi connectivity index (χ0n) is 23.1. The fourth-order valence-corrected chi connectivity index (χ4v) is 4.69. The molecule has 0 atom stereocenters. The topological polar surface area (TPSA) is 35.0 Å². The van der Waals surface area contributed by atoms with Crippen LogP contribution in [-0.4, -0.2) is 0 Å². The molecule has 0 amide bonds. The van der Waals surface area contributed by atoms with Crippen LogP contribution in [0.2, 0.25) is 0 Å². The molecule has 0 fully saturated rings. The molecular weight excluding hydrogens is 410 g/mol. The highest BCUT2D eigenvalue weighted by atomic mass is 35.5. The molecule has 0 radical (unpaired) electrons. The molecule has 0 rings (SSSR count). The number of halogens is 1. The van der Waals surface area contributed by atoms with Crippen molar-refractivity contribution in [1.82, 2.24) is 6.15 Å². The minimum Gasteiger partial charge on any atom is -0.344 e. The maximum atomic E-state index is 2.35. The van der Waals surface area contributed by atoms with Crippen LogP contribution in [0.3, 0.4) is 0 Å². The van der Waals surface area contributed by atoms with Crippen molar-refractivity contribution in [2.75, 3.05) is 0 Å². The van der Waals surface area contributed by atoms with Gasteiger partial charge in [-0.1, -0.05) is 188 Å². The summed E-state index contributed by atoms with van der Waals surface area (Å²) in [4.78, 5) is 0. The molecule has 0 bridgehead atoms. The lowest BCUT2D eigenvalue weighted by Crippen LogP contribution is -1.87. The highest BCUT2D eigenvalue weighted by Crippen LogP contribution is 2.16. The maximum Gasteiger partial charge on any atom is -0.0471 e. The number of unbranched alkanes of at least 4 members (excludes halogenated alkanes) is 24. The van der Waals surface area contributed by atoms with Crippen LogP contribution in [0.25, 0.3) is 0 Å². The summed E-state index contributed by atoms with van der Waals surface area (Å²) in [5.74, 6) is 0.898. The van der Waals surface area contributed by atoms with Gasteiger partial charge in [0.05, 0.1) is 0 Å². The van der Waals surface area contributed by atoms with E-state index >= 15 is 0 Å². The largest absolute Gasteiger partial charge is 0.344 e. The average molecular weight is 476 g/mol. The third-order valence-electron chi connectivity index (χ3n) is 6.89. The molecule has 0 aromatic rings. The summed E-state index contributed by atoms with van der Waals surface area (Å²) in [6, 6.07) is 0. The third kappa shape index (κ3) is 34.9. The molecule has 0 unspecified atom stereocenters. The minimum absolute atomic E-state index is 0. The summed E-state index contributed by atoms with van der Waals surface area (Å²) in [5, 5.41) is 0. The molecule has 3 N–H and O–H groups in total. The molecule has 1 nitrogen and oxygen atoms in total. The minimum atomic E-state index is 0. The zero-order valence-corrected chi connectivity index (χ0v) is 23.9. The second-order valence-electron chi connectivity index (χ2n) is 10.7. The third-order valence-corrected chi connectivity index (χ3v) is 6.89. The first-order valence-corrected chi connectivity index (χ1v) is 14.8. The second kappa shape index (κ2) is 33.4. The van der Waals surface area contributed by atoms with Crippen LogP contribution in [0.5, 0.6) is 0 Å². The van der Waals surface area contributed by atoms with Crippen molar-refractivity contribution >= 4 is 12.4 Å². The van der Waals surface area contributed by atoms with Crippen molar-refractivity contribution in [1.29, 1.82) is 0 Å². The zero-order chi connectivity index (χ0) is 22.0. The highest BCUT2D eigenvalue weighted by molar-refractivity contribution is 5.85. The molecule has 0 aromatic carbocycles. The smallest absolute Gasteiger partial charge is 0.0471 e. The van der Waals surface area contributed by atoms with Crippen LogP contribution in [-0.2, 0) is 0 Å². The molecule has 0 aliphatic carbocycles. The molecule has 198 valence electrons. The van der Waals surface area contributed by atoms with E-state index < -0.39 is 0 Å². The first-order chi connectivity index (χ1) is 14.8. The monoisotopic (exact) mass is 475 g/mol. The van der Waals surface area contributed by atoms with Gasteiger partial charge in [0.1, 0.15) is 0 Å². The predicted molar refractivity (Wildman–Crippen MR) is 153 cm³/mol. The summed E-state index contributed by atoms with van der Waals surface area (Å²) >= 11 is 0. The molecular formula is C30H66ClN. The number of rotatable bonds is 26. The van der Waals surface area contributed by atoms with Gasteiger partial charge in [0.2, 0.25) is 0 Å². The van der Waals surface area contributed by atoms with E-state index in [0.717, 1.165) is 5.92 Å². The van der Waals surface area contributed by atoms with E-state index in [-0.39, 0.29) is 18.6 Å². The van der Waals surface area contributed by atoms with Crippen LogP contribution >= 0.6 is 12.4 Å². The van der Waals surface area contributed by atoms with Gasteiger partial charge < -0.3 is 6.15 Å². The summed E-state index contributed by atoms with van der Waals surface area (Å²) < 4.78 is 0. The van der Waals surface area contributed by atoms with Crippen LogP contribution in [0, 0.1) is 5.92 Å². The van der Waals surface area contributed by atoms with Gasteiger partial charge in [-0.05, 0) is 5.92 Å². The normalized spacial score (nSPS) is 10.9. The van der Waals surface area contributed by atoms with E-state index in [0.29, 0.717) is 0 Å². The lowest BCUT2D eigenvalue weighted by atomic mass is 10.0.